The molecule has 4 nitrogen and oxygen atoms in total. The number of hydrogen-bond acceptors (Lipinski definition) is 4. The zero-order valence-electron chi connectivity index (χ0n) is 8.64. The van der Waals surface area contributed by atoms with Crippen molar-refractivity contribution in [2.45, 2.75) is 12.5 Å². The number of rotatable bonds is 2. The number of likely N-dealkylation sites (N-methyl/N-ethyl adjacent to an activating group) is 1. The van der Waals surface area contributed by atoms with Gasteiger partial charge in [0.05, 0.1) is 6.61 Å². The zero-order valence-corrected chi connectivity index (χ0v) is 8.64. The van der Waals surface area contributed by atoms with Crippen LogP contribution in [0.4, 0.5) is 11.4 Å². The summed E-state index contributed by atoms with van der Waals surface area (Å²) in [5.74, 6) is -0.153. The van der Waals surface area contributed by atoms with Crippen molar-refractivity contribution in [3.05, 3.63) is 24.3 Å². The molecule has 80 valence electrons. The van der Waals surface area contributed by atoms with Crippen LogP contribution in [-0.2, 0) is 9.53 Å². The molecule has 2 N–H and O–H groups in total. The van der Waals surface area contributed by atoms with Gasteiger partial charge in [-0.25, -0.2) is 4.79 Å². The number of nitrogens with zero attached hydrogens (tertiary/aromatic N) is 1. The third kappa shape index (κ3) is 1.88. The topological polar surface area (TPSA) is 55.6 Å². The number of benzene rings is 1. The van der Waals surface area contributed by atoms with E-state index in [2.05, 4.69) is 0 Å². The van der Waals surface area contributed by atoms with E-state index in [4.69, 9.17) is 10.5 Å². The number of carbonyl (C=O) groups excluding carboxylic acids is 1. The van der Waals surface area contributed by atoms with Gasteiger partial charge >= 0.3 is 5.97 Å². The van der Waals surface area contributed by atoms with Gasteiger partial charge < -0.3 is 15.4 Å². The molecule has 1 atom stereocenters. The summed E-state index contributed by atoms with van der Waals surface area (Å²) in [6, 6.07) is 7.31. The maximum atomic E-state index is 11.4. The number of anilines is 2. The molecule has 1 heterocycles. The van der Waals surface area contributed by atoms with Gasteiger partial charge in [0.15, 0.2) is 0 Å². The monoisotopic (exact) mass is 206 g/mol. The maximum absolute atomic E-state index is 11.4. The molecule has 1 unspecified atom stereocenters. The van der Waals surface area contributed by atoms with Crippen LogP contribution in [0.25, 0.3) is 0 Å². The van der Waals surface area contributed by atoms with Crippen LogP contribution in [0.5, 0.6) is 0 Å². The molecule has 1 saturated heterocycles. The van der Waals surface area contributed by atoms with Crippen molar-refractivity contribution in [1.82, 2.24) is 0 Å². The quantitative estimate of drug-likeness (QED) is 0.580. The van der Waals surface area contributed by atoms with Gasteiger partial charge in [-0.1, -0.05) is 6.07 Å². The summed E-state index contributed by atoms with van der Waals surface area (Å²) in [6.07, 6.45) is 0.740. The first-order valence-corrected chi connectivity index (χ1v) is 4.93. The number of esters is 1. The SMILES string of the molecule is CN(c1cccc(N)c1)C1CCOC1=O. The first kappa shape index (κ1) is 9.83. The normalized spacial score (nSPS) is 20.1. The van der Waals surface area contributed by atoms with Gasteiger partial charge in [0.1, 0.15) is 6.04 Å². The van der Waals surface area contributed by atoms with E-state index in [1.165, 1.54) is 0 Å². The van der Waals surface area contributed by atoms with Crippen molar-refractivity contribution in [3.8, 4) is 0 Å². The minimum Gasteiger partial charge on any atom is -0.464 e. The lowest BCUT2D eigenvalue weighted by molar-refractivity contribution is -0.139. The smallest absolute Gasteiger partial charge is 0.328 e. The van der Waals surface area contributed by atoms with E-state index in [1.807, 2.05) is 36.2 Å². The average Bonchev–Trinajstić information content (AvgIpc) is 2.63. The molecule has 0 aromatic heterocycles. The summed E-state index contributed by atoms with van der Waals surface area (Å²) in [6.45, 7) is 0.510. The molecule has 1 aliphatic rings. The zero-order chi connectivity index (χ0) is 10.8. The number of hydrogen-bond donors (Lipinski definition) is 1. The van der Waals surface area contributed by atoms with E-state index in [9.17, 15) is 4.79 Å². The number of nitrogen functional groups attached to an aromatic ring is 1. The molecule has 0 bridgehead atoms. The highest BCUT2D eigenvalue weighted by atomic mass is 16.5. The van der Waals surface area contributed by atoms with Crippen molar-refractivity contribution >= 4 is 17.3 Å². The van der Waals surface area contributed by atoms with Crippen LogP contribution >= 0.6 is 0 Å². The Balaban J connectivity index is 2.20. The third-order valence-corrected chi connectivity index (χ3v) is 2.65. The Kier molecular flexibility index (Phi) is 2.49. The number of nitrogens with two attached hydrogens (primary N) is 1. The molecule has 1 aromatic carbocycles. The minimum absolute atomic E-state index is 0.153. The molecule has 1 aromatic rings. The Labute approximate surface area is 88.6 Å². The predicted molar refractivity (Wildman–Crippen MR) is 58.6 cm³/mol. The van der Waals surface area contributed by atoms with E-state index in [0.29, 0.717) is 12.3 Å². The summed E-state index contributed by atoms with van der Waals surface area (Å²) >= 11 is 0. The third-order valence-electron chi connectivity index (χ3n) is 2.65. The van der Waals surface area contributed by atoms with Crippen LogP contribution in [0.15, 0.2) is 24.3 Å². The van der Waals surface area contributed by atoms with E-state index in [-0.39, 0.29) is 12.0 Å². The van der Waals surface area contributed by atoms with Gasteiger partial charge in [-0.05, 0) is 18.2 Å². The summed E-state index contributed by atoms with van der Waals surface area (Å²) < 4.78 is 4.93. The highest BCUT2D eigenvalue weighted by Crippen LogP contribution is 2.22. The van der Waals surface area contributed by atoms with Gasteiger partial charge in [0.2, 0.25) is 0 Å². The fourth-order valence-corrected chi connectivity index (χ4v) is 1.76. The van der Waals surface area contributed by atoms with Crippen molar-refractivity contribution in [2.75, 3.05) is 24.3 Å². The molecule has 0 saturated carbocycles. The standard InChI is InChI=1S/C11H14N2O2/c1-13(10-5-6-15-11(10)14)9-4-2-3-8(12)7-9/h2-4,7,10H,5-6,12H2,1H3. The average molecular weight is 206 g/mol. The van der Waals surface area contributed by atoms with Gasteiger partial charge in [0.25, 0.3) is 0 Å². The molecular formula is C11H14N2O2. The lowest BCUT2D eigenvalue weighted by Crippen LogP contribution is -2.35. The number of carbonyl (C=O) groups is 1. The van der Waals surface area contributed by atoms with Gasteiger partial charge in [-0.2, -0.15) is 0 Å². The van der Waals surface area contributed by atoms with Gasteiger partial charge in [-0.3, -0.25) is 0 Å². The van der Waals surface area contributed by atoms with Crippen molar-refractivity contribution in [3.63, 3.8) is 0 Å². The molecule has 0 amide bonds. The summed E-state index contributed by atoms with van der Waals surface area (Å²) in [5.41, 5.74) is 7.33. The fraction of sp³-hybridized carbons (Fsp3) is 0.364. The van der Waals surface area contributed by atoms with E-state index < -0.39 is 0 Å². The molecule has 2 rings (SSSR count). The van der Waals surface area contributed by atoms with E-state index >= 15 is 0 Å². The van der Waals surface area contributed by atoms with Gasteiger partial charge in [-0.15, -0.1) is 0 Å². The van der Waals surface area contributed by atoms with Crippen molar-refractivity contribution < 1.29 is 9.53 Å². The Hall–Kier alpha value is -1.71. The van der Waals surface area contributed by atoms with Crippen LogP contribution in [0, 0.1) is 0 Å². The molecule has 4 heteroatoms. The molecule has 1 fully saturated rings. The molecule has 0 aliphatic carbocycles. The van der Waals surface area contributed by atoms with E-state index in [1.54, 1.807) is 0 Å². The highest BCUT2D eigenvalue weighted by Gasteiger charge is 2.30. The lowest BCUT2D eigenvalue weighted by atomic mass is 10.2. The predicted octanol–water partition coefficient (Wildman–Crippen LogP) is 1.02. The van der Waals surface area contributed by atoms with Crippen LogP contribution in [0.1, 0.15) is 6.42 Å². The van der Waals surface area contributed by atoms with Crippen molar-refractivity contribution in [1.29, 1.82) is 0 Å². The number of cyclic esters (lactones) is 1. The van der Waals surface area contributed by atoms with Gasteiger partial charge in [0, 0.05) is 24.8 Å². The Bertz CT molecular complexity index is 379. The van der Waals surface area contributed by atoms with Crippen LogP contribution < -0.4 is 10.6 Å². The molecule has 0 spiro atoms. The maximum Gasteiger partial charge on any atom is 0.328 e. The second kappa shape index (κ2) is 3.81. The van der Waals surface area contributed by atoms with Crippen LogP contribution in [0.3, 0.4) is 0 Å². The van der Waals surface area contributed by atoms with Crippen molar-refractivity contribution in [2.24, 2.45) is 0 Å². The Morgan fingerprint density at radius 3 is 2.93 bits per heavy atom. The second-order valence-corrected chi connectivity index (χ2v) is 3.68. The van der Waals surface area contributed by atoms with Crippen LogP contribution in [-0.4, -0.2) is 25.7 Å². The molecular weight excluding hydrogens is 192 g/mol. The molecule has 1 aliphatic heterocycles. The minimum atomic E-state index is -0.174. The first-order valence-electron chi connectivity index (χ1n) is 4.93. The fourth-order valence-electron chi connectivity index (χ4n) is 1.76. The summed E-state index contributed by atoms with van der Waals surface area (Å²) in [7, 11) is 1.88. The Morgan fingerprint density at radius 1 is 1.53 bits per heavy atom. The molecule has 0 radical (unpaired) electrons. The van der Waals surface area contributed by atoms with Crippen LogP contribution in [0.2, 0.25) is 0 Å². The first-order chi connectivity index (χ1) is 7.18. The largest absolute Gasteiger partial charge is 0.464 e. The highest BCUT2D eigenvalue weighted by molar-refractivity contribution is 5.81. The Morgan fingerprint density at radius 2 is 2.33 bits per heavy atom. The lowest BCUT2D eigenvalue weighted by Gasteiger charge is -2.23. The molecule has 15 heavy (non-hydrogen) atoms. The summed E-state index contributed by atoms with van der Waals surface area (Å²) in [4.78, 5) is 13.3. The summed E-state index contributed by atoms with van der Waals surface area (Å²) in [5, 5.41) is 0. The number of ether oxygens (including phenoxy) is 1. The second-order valence-electron chi connectivity index (χ2n) is 3.68. The van der Waals surface area contributed by atoms with E-state index in [0.717, 1.165) is 12.1 Å².